The molecule has 1 N–H and O–H groups in total. The van der Waals surface area contributed by atoms with Crippen molar-refractivity contribution in [3.63, 3.8) is 0 Å². The van der Waals surface area contributed by atoms with Crippen molar-refractivity contribution in [2.45, 2.75) is 4.90 Å². The summed E-state index contributed by atoms with van der Waals surface area (Å²) < 4.78 is 18.6. The summed E-state index contributed by atoms with van der Waals surface area (Å²) in [6.45, 7) is 0. The first kappa shape index (κ1) is 17.0. The third kappa shape index (κ3) is 5.06. The third-order valence-electron chi connectivity index (χ3n) is 3.19. The van der Waals surface area contributed by atoms with Crippen molar-refractivity contribution in [3.05, 3.63) is 78.7 Å². The van der Waals surface area contributed by atoms with Crippen LogP contribution in [0.3, 0.4) is 0 Å². The van der Waals surface area contributed by atoms with Crippen LogP contribution in [0.15, 0.2) is 77.8 Å². The third-order valence-corrected chi connectivity index (χ3v) is 4.20. The van der Waals surface area contributed by atoms with E-state index in [9.17, 15) is 9.18 Å². The summed E-state index contributed by atoms with van der Waals surface area (Å²) in [4.78, 5) is 17.2. The van der Waals surface area contributed by atoms with E-state index in [4.69, 9.17) is 4.74 Å². The summed E-state index contributed by atoms with van der Waals surface area (Å²) in [6.07, 6.45) is 1.60. The van der Waals surface area contributed by atoms with E-state index in [1.807, 2.05) is 30.3 Å². The maximum absolute atomic E-state index is 12.9. The number of nitrogens with one attached hydrogen (secondary N) is 1. The lowest BCUT2D eigenvalue weighted by Gasteiger charge is -2.11. The highest BCUT2D eigenvalue weighted by Gasteiger charge is 2.10. The van der Waals surface area contributed by atoms with Crippen LogP contribution in [-0.4, -0.2) is 16.6 Å². The van der Waals surface area contributed by atoms with Crippen LogP contribution in [0.5, 0.6) is 11.6 Å². The number of hydrogen-bond acceptors (Lipinski definition) is 4. The van der Waals surface area contributed by atoms with Crippen LogP contribution in [-0.2, 0) is 4.79 Å². The number of carbonyl (C=O) groups is 1. The van der Waals surface area contributed by atoms with Crippen molar-refractivity contribution in [2.24, 2.45) is 0 Å². The molecule has 0 saturated heterocycles. The minimum Gasteiger partial charge on any atom is -0.437 e. The predicted octanol–water partition coefficient (Wildman–Crippen LogP) is 4.74. The Hall–Kier alpha value is -2.86. The van der Waals surface area contributed by atoms with Gasteiger partial charge >= 0.3 is 0 Å². The number of rotatable bonds is 6. The van der Waals surface area contributed by atoms with Gasteiger partial charge in [-0.25, -0.2) is 9.37 Å². The maximum atomic E-state index is 12.9. The van der Waals surface area contributed by atoms with Gasteiger partial charge in [-0.05, 0) is 48.5 Å². The number of pyridine rings is 1. The van der Waals surface area contributed by atoms with E-state index < -0.39 is 0 Å². The van der Waals surface area contributed by atoms with E-state index in [0.29, 0.717) is 17.3 Å². The Bertz CT molecular complexity index is 842. The average molecular weight is 354 g/mol. The molecule has 0 fully saturated rings. The molecule has 3 rings (SSSR count). The van der Waals surface area contributed by atoms with Crippen LogP contribution in [0.4, 0.5) is 10.1 Å². The van der Waals surface area contributed by atoms with Gasteiger partial charge < -0.3 is 10.1 Å². The normalized spacial score (nSPS) is 10.3. The molecule has 6 heteroatoms. The molecule has 0 aliphatic rings. The lowest BCUT2D eigenvalue weighted by molar-refractivity contribution is -0.113. The number of nitrogens with zero attached hydrogens (tertiary/aromatic N) is 1. The number of amides is 1. The van der Waals surface area contributed by atoms with Crippen LogP contribution < -0.4 is 10.1 Å². The SMILES string of the molecule is O=C(CSc1ccc(F)cc1)Nc1cccnc1Oc1ccccc1. The molecule has 1 heterocycles. The van der Waals surface area contributed by atoms with Crippen molar-refractivity contribution in [2.75, 3.05) is 11.1 Å². The van der Waals surface area contributed by atoms with E-state index >= 15 is 0 Å². The van der Waals surface area contributed by atoms with E-state index in [2.05, 4.69) is 10.3 Å². The van der Waals surface area contributed by atoms with E-state index in [1.54, 1.807) is 30.5 Å². The average Bonchev–Trinajstić information content (AvgIpc) is 2.64. The summed E-state index contributed by atoms with van der Waals surface area (Å²) in [6, 6.07) is 18.7. The number of carbonyl (C=O) groups excluding carboxylic acids is 1. The molecule has 0 spiro atoms. The molecule has 1 aromatic heterocycles. The van der Waals surface area contributed by atoms with Crippen molar-refractivity contribution in [1.82, 2.24) is 4.98 Å². The van der Waals surface area contributed by atoms with E-state index in [1.165, 1.54) is 23.9 Å². The van der Waals surface area contributed by atoms with Gasteiger partial charge in [0.05, 0.1) is 5.75 Å². The van der Waals surface area contributed by atoms with Crippen LogP contribution in [0.1, 0.15) is 0 Å². The fourth-order valence-electron chi connectivity index (χ4n) is 2.03. The van der Waals surface area contributed by atoms with E-state index in [-0.39, 0.29) is 17.5 Å². The van der Waals surface area contributed by atoms with Crippen molar-refractivity contribution in [3.8, 4) is 11.6 Å². The van der Waals surface area contributed by atoms with Gasteiger partial charge in [0.1, 0.15) is 17.3 Å². The number of aromatic nitrogens is 1. The van der Waals surface area contributed by atoms with Gasteiger partial charge in [-0.1, -0.05) is 18.2 Å². The largest absolute Gasteiger partial charge is 0.437 e. The zero-order valence-corrected chi connectivity index (χ0v) is 14.0. The van der Waals surface area contributed by atoms with Gasteiger partial charge in [-0.15, -0.1) is 11.8 Å². The number of hydrogen-bond donors (Lipinski definition) is 1. The topological polar surface area (TPSA) is 51.2 Å². The van der Waals surface area contributed by atoms with Crippen LogP contribution in [0.2, 0.25) is 0 Å². The molecular weight excluding hydrogens is 339 g/mol. The molecule has 0 bridgehead atoms. The minimum absolute atomic E-state index is 0.194. The molecule has 0 saturated carbocycles. The number of halogens is 1. The van der Waals surface area contributed by atoms with Crippen LogP contribution in [0, 0.1) is 5.82 Å². The highest BCUT2D eigenvalue weighted by molar-refractivity contribution is 8.00. The molecular formula is C19H15FN2O2S. The molecule has 0 unspecified atom stereocenters. The molecule has 2 aromatic carbocycles. The first-order valence-electron chi connectivity index (χ1n) is 7.57. The molecule has 3 aromatic rings. The molecule has 25 heavy (non-hydrogen) atoms. The first-order valence-corrected chi connectivity index (χ1v) is 8.55. The number of ether oxygens (including phenoxy) is 1. The van der Waals surface area contributed by atoms with Crippen LogP contribution in [0.25, 0.3) is 0 Å². The zero-order valence-electron chi connectivity index (χ0n) is 13.2. The second-order valence-electron chi connectivity index (χ2n) is 5.06. The Morgan fingerprint density at radius 1 is 1.04 bits per heavy atom. The second-order valence-corrected chi connectivity index (χ2v) is 6.11. The summed E-state index contributed by atoms with van der Waals surface area (Å²) in [5, 5.41) is 2.79. The number of thioether (sulfide) groups is 1. The summed E-state index contributed by atoms with van der Waals surface area (Å²) in [5.41, 5.74) is 0.496. The highest BCUT2D eigenvalue weighted by atomic mass is 32.2. The van der Waals surface area contributed by atoms with Gasteiger partial charge in [0.2, 0.25) is 11.8 Å². The van der Waals surface area contributed by atoms with Gasteiger partial charge in [0.25, 0.3) is 0 Å². The Kier molecular flexibility index (Phi) is 5.64. The Balaban J connectivity index is 1.62. The number of para-hydroxylation sites is 1. The fraction of sp³-hybridized carbons (Fsp3) is 0.0526. The second kappa shape index (κ2) is 8.30. The maximum Gasteiger partial charge on any atom is 0.243 e. The van der Waals surface area contributed by atoms with Crippen molar-refractivity contribution >= 4 is 23.4 Å². The fourth-order valence-corrected chi connectivity index (χ4v) is 2.73. The first-order chi connectivity index (χ1) is 12.2. The van der Waals surface area contributed by atoms with Crippen LogP contribution >= 0.6 is 11.8 Å². The molecule has 4 nitrogen and oxygen atoms in total. The van der Waals surface area contributed by atoms with Gasteiger partial charge in [-0.2, -0.15) is 0 Å². The summed E-state index contributed by atoms with van der Waals surface area (Å²) in [7, 11) is 0. The molecule has 0 aliphatic carbocycles. The molecule has 0 atom stereocenters. The Labute approximate surface area is 149 Å². The molecule has 1 amide bonds. The smallest absolute Gasteiger partial charge is 0.243 e. The molecule has 0 radical (unpaired) electrons. The predicted molar refractivity (Wildman–Crippen MR) is 96.5 cm³/mol. The van der Waals surface area contributed by atoms with Crippen molar-refractivity contribution < 1.29 is 13.9 Å². The zero-order chi connectivity index (χ0) is 17.5. The lowest BCUT2D eigenvalue weighted by atomic mass is 10.3. The summed E-state index contributed by atoms with van der Waals surface area (Å²) >= 11 is 1.33. The standard InChI is InChI=1S/C19H15FN2O2S/c20-14-8-10-16(11-9-14)25-13-18(23)22-17-7-4-12-21-19(17)24-15-5-2-1-3-6-15/h1-12H,13H2,(H,22,23). The van der Waals surface area contributed by atoms with Gasteiger partial charge in [0, 0.05) is 11.1 Å². The Morgan fingerprint density at radius 2 is 1.80 bits per heavy atom. The van der Waals surface area contributed by atoms with Crippen molar-refractivity contribution in [1.29, 1.82) is 0 Å². The number of benzene rings is 2. The minimum atomic E-state index is -0.299. The van der Waals surface area contributed by atoms with E-state index in [0.717, 1.165) is 4.90 Å². The summed E-state index contributed by atoms with van der Waals surface area (Å²) in [5.74, 6) is 0.670. The van der Waals surface area contributed by atoms with Gasteiger partial charge in [-0.3, -0.25) is 4.79 Å². The lowest BCUT2D eigenvalue weighted by Crippen LogP contribution is -2.14. The monoisotopic (exact) mass is 354 g/mol. The molecule has 126 valence electrons. The van der Waals surface area contributed by atoms with Gasteiger partial charge in [0.15, 0.2) is 0 Å². The number of anilines is 1. The highest BCUT2D eigenvalue weighted by Crippen LogP contribution is 2.27. The molecule has 0 aliphatic heterocycles. The Morgan fingerprint density at radius 3 is 2.56 bits per heavy atom. The quantitative estimate of drug-likeness (QED) is 0.650.